The minimum Gasteiger partial charge on any atom is -0.494 e. The third-order valence-corrected chi connectivity index (χ3v) is 5.84. The van der Waals surface area contributed by atoms with Gasteiger partial charge in [-0.3, -0.25) is 0 Å². The van der Waals surface area contributed by atoms with E-state index in [1.807, 2.05) is 30.3 Å². The lowest BCUT2D eigenvalue weighted by Gasteiger charge is -2.21. The predicted octanol–water partition coefficient (Wildman–Crippen LogP) is 5.66. The number of azo groups is 1. The second-order valence-corrected chi connectivity index (χ2v) is 7.85. The fourth-order valence-corrected chi connectivity index (χ4v) is 4.13. The van der Waals surface area contributed by atoms with Crippen LogP contribution in [-0.4, -0.2) is 38.4 Å². The molecule has 0 spiro atoms. The molecule has 0 aliphatic carbocycles. The third kappa shape index (κ3) is 3.50. The number of fused-ring (bicyclic) bond motifs is 1. The summed E-state index contributed by atoms with van der Waals surface area (Å²) in [6.45, 7) is 4.14. The minimum atomic E-state index is 0.174. The van der Waals surface area contributed by atoms with Crippen LogP contribution < -0.4 is 14.4 Å². The van der Waals surface area contributed by atoms with E-state index in [9.17, 15) is 0 Å². The quantitative estimate of drug-likeness (QED) is 0.423. The van der Waals surface area contributed by atoms with Gasteiger partial charge >= 0.3 is 0 Å². The second-order valence-electron chi connectivity index (χ2n) is 7.85. The number of aromatic nitrogens is 1. The van der Waals surface area contributed by atoms with Gasteiger partial charge in [-0.15, -0.1) is 5.11 Å². The van der Waals surface area contributed by atoms with Crippen molar-refractivity contribution in [2.24, 2.45) is 10.2 Å². The van der Waals surface area contributed by atoms with Crippen molar-refractivity contribution in [3.05, 3.63) is 42.1 Å². The monoisotopic (exact) mass is 406 g/mol. The van der Waals surface area contributed by atoms with Gasteiger partial charge in [-0.05, 0) is 44.0 Å². The summed E-state index contributed by atoms with van der Waals surface area (Å²) in [5.74, 6) is 1.47. The predicted molar refractivity (Wildman–Crippen MR) is 117 cm³/mol. The van der Waals surface area contributed by atoms with Gasteiger partial charge in [0.15, 0.2) is 0 Å². The second kappa shape index (κ2) is 7.65. The molecule has 30 heavy (non-hydrogen) atoms. The molecule has 0 bridgehead atoms. The maximum atomic E-state index is 5.63. The molecule has 2 aliphatic heterocycles. The van der Waals surface area contributed by atoms with Gasteiger partial charge in [0.05, 0.1) is 31.7 Å². The molecule has 0 radical (unpaired) electrons. The van der Waals surface area contributed by atoms with Crippen LogP contribution in [0.2, 0.25) is 0 Å². The van der Waals surface area contributed by atoms with Gasteiger partial charge in [0.2, 0.25) is 0 Å². The lowest BCUT2D eigenvalue weighted by atomic mass is 10.2. The van der Waals surface area contributed by atoms with Crippen molar-refractivity contribution in [1.29, 1.82) is 0 Å². The summed E-state index contributed by atoms with van der Waals surface area (Å²) in [5.41, 5.74) is 4.65. The Morgan fingerprint density at radius 2 is 1.77 bits per heavy atom. The number of rotatable bonds is 6. The zero-order valence-corrected chi connectivity index (χ0v) is 17.5. The molecular formula is C23H26N4O3. The Balaban J connectivity index is 1.44. The molecule has 1 N–H and O–H groups in total. The number of benzene rings is 2. The smallest absolute Gasteiger partial charge is 0.148 e. The average molecular weight is 406 g/mol. The normalized spacial score (nSPS) is 21.0. The number of nitrogens with zero attached hydrogens (tertiary/aromatic N) is 3. The van der Waals surface area contributed by atoms with Gasteiger partial charge in [0.1, 0.15) is 23.3 Å². The number of ether oxygens (including phenoxy) is 3. The Hall–Kier alpha value is -3.06. The van der Waals surface area contributed by atoms with Crippen molar-refractivity contribution in [3.8, 4) is 11.5 Å². The van der Waals surface area contributed by atoms with Crippen molar-refractivity contribution in [2.75, 3.05) is 32.2 Å². The van der Waals surface area contributed by atoms with E-state index < -0.39 is 0 Å². The van der Waals surface area contributed by atoms with Gasteiger partial charge in [-0.2, -0.15) is 5.11 Å². The standard InChI is InChI=1S/C23H26N4O3/c1-14-23(30-14)19-11-15-10-16(6-7-17(15)24-19)25-26-18-12-22(29-3)20(13-21(18)28-2)27-8-4-5-9-27/h6-7,10-14,23-24H,4-5,8-9H2,1-3H3. The maximum absolute atomic E-state index is 5.63. The number of hydrogen-bond donors (Lipinski definition) is 1. The van der Waals surface area contributed by atoms with Crippen molar-refractivity contribution < 1.29 is 14.2 Å². The molecule has 1 aromatic heterocycles. The lowest BCUT2D eigenvalue weighted by Crippen LogP contribution is -2.18. The number of nitrogens with one attached hydrogen (secondary N) is 1. The highest BCUT2D eigenvalue weighted by molar-refractivity contribution is 5.83. The molecule has 7 nitrogen and oxygen atoms in total. The Morgan fingerprint density at radius 1 is 1.00 bits per heavy atom. The van der Waals surface area contributed by atoms with Crippen LogP contribution in [-0.2, 0) is 4.74 Å². The summed E-state index contributed by atoms with van der Waals surface area (Å²) >= 11 is 0. The summed E-state index contributed by atoms with van der Waals surface area (Å²) in [5, 5.41) is 10.0. The van der Waals surface area contributed by atoms with E-state index in [0.717, 1.165) is 46.8 Å². The molecule has 3 aromatic rings. The fraction of sp³-hybridized carbons (Fsp3) is 0.391. The zero-order valence-electron chi connectivity index (χ0n) is 17.5. The van der Waals surface area contributed by atoms with Crippen molar-refractivity contribution in [2.45, 2.75) is 32.0 Å². The molecule has 2 unspecified atom stereocenters. The molecule has 2 aliphatic rings. The van der Waals surface area contributed by atoms with Crippen LogP contribution >= 0.6 is 0 Å². The maximum Gasteiger partial charge on any atom is 0.148 e. The largest absolute Gasteiger partial charge is 0.494 e. The molecule has 2 fully saturated rings. The lowest BCUT2D eigenvalue weighted by molar-refractivity contribution is 0.381. The SMILES string of the molecule is COc1cc(N2CCCC2)c(OC)cc1N=Nc1ccc2[nH]c(C3OC3C)cc2c1. The average Bonchev–Trinajstić information content (AvgIpc) is 3.15. The summed E-state index contributed by atoms with van der Waals surface area (Å²) in [6, 6.07) is 12.0. The van der Waals surface area contributed by atoms with Gasteiger partial charge < -0.3 is 24.1 Å². The number of epoxide rings is 1. The van der Waals surface area contributed by atoms with Crippen molar-refractivity contribution in [1.82, 2.24) is 4.98 Å². The van der Waals surface area contributed by atoms with Crippen LogP contribution in [0.25, 0.3) is 10.9 Å². The molecule has 5 rings (SSSR count). The highest BCUT2D eigenvalue weighted by atomic mass is 16.6. The topological polar surface area (TPSA) is 74.7 Å². The summed E-state index contributed by atoms with van der Waals surface area (Å²) in [4.78, 5) is 5.74. The first-order valence-corrected chi connectivity index (χ1v) is 10.4. The highest BCUT2D eigenvalue weighted by Crippen LogP contribution is 2.42. The number of H-pyrrole nitrogens is 1. The van der Waals surface area contributed by atoms with E-state index >= 15 is 0 Å². The van der Waals surface area contributed by atoms with E-state index in [1.165, 1.54) is 12.8 Å². The fourth-order valence-electron chi connectivity index (χ4n) is 4.13. The van der Waals surface area contributed by atoms with Crippen LogP contribution in [0, 0.1) is 0 Å². The van der Waals surface area contributed by atoms with Crippen LogP contribution in [0.4, 0.5) is 17.1 Å². The molecule has 2 saturated heterocycles. The van der Waals surface area contributed by atoms with E-state index in [-0.39, 0.29) is 12.2 Å². The minimum absolute atomic E-state index is 0.174. The molecule has 2 aromatic carbocycles. The Kier molecular flexibility index (Phi) is 4.83. The Bertz CT molecular complexity index is 1100. The molecular weight excluding hydrogens is 380 g/mol. The van der Waals surface area contributed by atoms with Crippen LogP contribution in [0.15, 0.2) is 46.6 Å². The first kappa shape index (κ1) is 18.9. The first-order valence-electron chi connectivity index (χ1n) is 10.4. The van der Waals surface area contributed by atoms with E-state index in [4.69, 9.17) is 14.2 Å². The Morgan fingerprint density at radius 3 is 2.47 bits per heavy atom. The summed E-state index contributed by atoms with van der Waals surface area (Å²) in [6.07, 6.45) is 2.85. The van der Waals surface area contributed by atoms with Crippen LogP contribution in [0.1, 0.15) is 31.6 Å². The van der Waals surface area contributed by atoms with E-state index in [0.29, 0.717) is 11.4 Å². The van der Waals surface area contributed by atoms with E-state index in [2.05, 4.69) is 33.1 Å². The zero-order chi connectivity index (χ0) is 20.7. The Labute approximate surface area is 175 Å². The van der Waals surface area contributed by atoms with Gasteiger partial charge in [-0.25, -0.2) is 0 Å². The molecule has 2 atom stereocenters. The highest BCUT2D eigenvalue weighted by Gasteiger charge is 2.36. The molecule has 0 amide bonds. The van der Waals surface area contributed by atoms with Crippen molar-refractivity contribution >= 4 is 28.0 Å². The number of anilines is 1. The van der Waals surface area contributed by atoms with Crippen LogP contribution in [0.5, 0.6) is 11.5 Å². The van der Waals surface area contributed by atoms with Gasteiger partial charge in [0, 0.05) is 41.8 Å². The summed E-state index contributed by atoms with van der Waals surface area (Å²) < 4.78 is 16.8. The molecule has 0 saturated carbocycles. The molecule has 3 heterocycles. The van der Waals surface area contributed by atoms with E-state index in [1.54, 1.807) is 14.2 Å². The third-order valence-electron chi connectivity index (χ3n) is 5.84. The van der Waals surface area contributed by atoms with Gasteiger partial charge in [0.25, 0.3) is 0 Å². The molecule has 156 valence electrons. The van der Waals surface area contributed by atoms with Crippen molar-refractivity contribution in [3.63, 3.8) is 0 Å². The van der Waals surface area contributed by atoms with Crippen LogP contribution in [0.3, 0.4) is 0 Å². The first-order chi connectivity index (χ1) is 14.7. The number of methoxy groups -OCH3 is 2. The summed E-state index contributed by atoms with van der Waals surface area (Å²) in [7, 11) is 3.34. The number of aromatic amines is 1. The van der Waals surface area contributed by atoms with Gasteiger partial charge in [-0.1, -0.05) is 0 Å². The number of hydrogen-bond acceptors (Lipinski definition) is 6. The molecule has 7 heteroatoms.